The molecule has 0 radical (unpaired) electrons. The largest absolute Gasteiger partial charge is 0.399 e. The van der Waals surface area contributed by atoms with Crippen molar-refractivity contribution in [1.29, 1.82) is 0 Å². The van der Waals surface area contributed by atoms with Gasteiger partial charge in [-0.05, 0) is 61.7 Å². The lowest BCUT2D eigenvalue weighted by Gasteiger charge is -2.11. The Labute approximate surface area is 102 Å². The third kappa shape index (κ3) is 2.78. The van der Waals surface area contributed by atoms with E-state index in [9.17, 15) is 0 Å². The van der Waals surface area contributed by atoms with E-state index in [4.69, 9.17) is 5.73 Å². The van der Waals surface area contributed by atoms with Gasteiger partial charge < -0.3 is 11.1 Å². The molecule has 2 aromatic carbocycles. The number of anilines is 3. The van der Waals surface area contributed by atoms with E-state index in [0.717, 1.165) is 17.1 Å². The van der Waals surface area contributed by atoms with E-state index in [1.54, 1.807) is 0 Å². The minimum absolute atomic E-state index is 0.780. The molecule has 0 bridgehead atoms. The molecular weight excluding hydrogens is 208 g/mol. The molecule has 0 unspecified atom stereocenters. The summed E-state index contributed by atoms with van der Waals surface area (Å²) in [5, 5.41) is 3.41. The number of benzene rings is 2. The van der Waals surface area contributed by atoms with E-state index >= 15 is 0 Å². The van der Waals surface area contributed by atoms with Crippen molar-refractivity contribution in [2.75, 3.05) is 11.1 Å². The molecular formula is C15H18N2. The van der Waals surface area contributed by atoms with Crippen LogP contribution in [0.3, 0.4) is 0 Å². The van der Waals surface area contributed by atoms with Crippen LogP contribution in [0.25, 0.3) is 0 Å². The van der Waals surface area contributed by atoms with Crippen LogP contribution in [-0.4, -0.2) is 0 Å². The van der Waals surface area contributed by atoms with Crippen LogP contribution < -0.4 is 11.1 Å². The fourth-order valence-corrected chi connectivity index (χ4v) is 1.98. The van der Waals surface area contributed by atoms with Crippen molar-refractivity contribution < 1.29 is 0 Å². The first-order valence-electron chi connectivity index (χ1n) is 5.76. The lowest BCUT2D eigenvalue weighted by Crippen LogP contribution is -1.96. The average molecular weight is 226 g/mol. The molecule has 0 aliphatic carbocycles. The van der Waals surface area contributed by atoms with Gasteiger partial charge in [0.25, 0.3) is 0 Å². The highest BCUT2D eigenvalue weighted by Crippen LogP contribution is 2.24. The van der Waals surface area contributed by atoms with E-state index in [1.165, 1.54) is 16.7 Å². The number of hydrogen-bond acceptors (Lipinski definition) is 2. The molecule has 0 spiro atoms. The van der Waals surface area contributed by atoms with Crippen LogP contribution in [0.2, 0.25) is 0 Å². The van der Waals surface area contributed by atoms with Crippen LogP contribution in [-0.2, 0) is 0 Å². The van der Waals surface area contributed by atoms with Crippen LogP contribution >= 0.6 is 0 Å². The third-order valence-electron chi connectivity index (χ3n) is 2.76. The van der Waals surface area contributed by atoms with Crippen LogP contribution in [0.4, 0.5) is 17.1 Å². The van der Waals surface area contributed by atoms with Crippen molar-refractivity contribution in [3.05, 3.63) is 53.1 Å². The van der Waals surface area contributed by atoms with E-state index in [-0.39, 0.29) is 0 Å². The van der Waals surface area contributed by atoms with Crippen LogP contribution in [0.5, 0.6) is 0 Å². The van der Waals surface area contributed by atoms with Gasteiger partial charge in [0.05, 0.1) is 0 Å². The SMILES string of the molecule is Cc1cc(C)cc(Nc2cc(N)ccc2C)c1. The molecule has 2 nitrogen and oxygen atoms in total. The van der Waals surface area contributed by atoms with Crippen LogP contribution in [0.1, 0.15) is 16.7 Å². The van der Waals surface area contributed by atoms with E-state index in [0.29, 0.717) is 0 Å². The lowest BCUT2D eigenvalue weighted by atomic mass is 10.1. The predicted octanol–water partition coefficient (Wildman–Crippen LogP) is 3.94. The monoisotopic (exact) mass is 226 g/mol. The van der Waals surface area contributed by atoms with E-state index in [1.807, 2.05) is 18.2 Å². The smallest absolute Gasteiger partial charge is 0.0434 e. The standard InChI is InChI=1S/C15H18N2/c1-10-6-11(2)8-14(7-10)17-15-9-13(16)5-4-12(15)3/h4-9,17H,16H2,1-3H3. The first-order chi connectivity index (χ1) is 8.04. The molecule has 0 heterocycles. The fourth-order valence-electron chi connectivity index (χ4n) is 1.98. The maximum absolute atomic E-state index is 5.80. The number of nitrogens with one attached hydrogen (secondary N) is 1. The first kappa shape index (κ1) is 11.5. The number of nitrogens with two attached hydrogens (primary N) is 1. The molecule has 2 aromatic rings. The molecule has 0 aromatic heterocycles. The van der Waals surface area contributed by atoms with Crippen molar-refractivity contribution in [2.45, 2.75) is 20.8 Å². The van der Waals surface area contributed by atoms with Gasteiger partial charge in [-0.2, -0.15) is 0 Å². The Balaban J connectivity index is 2.34. The quantitative estimate of drug-likeness (QED) is 0.761. The summed E-state index contributed by atoms with van der Waals surface area (Å²) in [5.41, 5.74) is 12.5. The molecule has 3 N–H and O–H groups in total. The molecule has 0 amide bonds. The fraction of sp³-hybridized carbons (Fsp3) is 0.200. The maximum Gasteiger partial charge on any atom is 0.0434 e. The number of aryl methyl sites for hydroxylation is 3. The summed E-state index contributed by atoms with van der Waals surface area (Å²) in [6.07, 6.45) is 0. The Bertz CT molecular complexity index is 524. The lowest BCUT2D eigenvalue weighted by molar-refractivity contribution is 1.36. The van der Waals surface area contributed by atoms with Crippen molar-refractivity contribution in [1.82, 2.24) is 0 Å². The second-order valence-electron chi connectivity index (χ2n) is 4.58. The molecule has 2 heteroatoms. The van der Waals surface area contributed by atoms with Gasteiger partial charge in [0.1, 0.15) is 0 Å². The molecule has 0 saturated carbocycles. The Morgan fingerprint density at radius 3 is 2.18 bits per heavy atom. The Hall–Kier alpha value is -1.96. The summed E-state index contributed by atoms with van der Waals surface area (Å²) < 4.78 is 0. The van der Waals surface area contributed by atoms with Gasteiger partial charge >= 0.3 is 0 Å². The zero-order chi connectivity index (χ0) is 12.4. The second-order valence-corrected chi connectivity index (χ2v) is 4.58. The molecule has 0 atom stereocenters. The second kappa shape index (κ2) is 4.50. The molecule has 0 saturated heterocycles. The van der Waals surface area contributed by atoms with Gasteiger partial charge in [0.15, 0.2) is 0 Å². The van der Waals surface area contributed by atoms with Crippen molar-refractivity contribution in [2.24, 2.45) is 0 Å². The van der Waals surface area contributed by atoms with E-state index < -0.39 is 0 Å². The molecule has 88 valence electrons. The predicted molar refractivity (Wildman–Crippen MR) is 74.8 cm³/mol. The molecule has 0 aliphatic rings. The average Bonchev–Trinajstić information content (AvgIpc) is 2.22. The minimum Gasteiger partial charge on any atom is -0.399 e. The number of rotatable bonds is 2. The first-order valence-corrected chi connectivity index (χ1v) is 5.76. The van der Waals surface area contributed by atoms with Gasteiger partial charge in [0.2, 0.25) is 0 Å². The highest BCUT2D eigenvalue weighted by Gasteiger charge is 2.01. The zero-order valence-corrected chi connectivity index (χ0v) is 10.5. The zero-order valence-electron chi connectivity index (χ0n) is 10.5. The van der Waals surface area contributed by atoms with Gasteiger partial charge in [-0.25, -0.2) is 0 Å². The molecule has 0 aliphatic heterocycles. The summed E-state index contributed by atoms with van der Waals surface area (Å²) in [6, 6.07) is 12.3. The maximum atomic E-state index is 5.80. The van der Waals surface area contributed by atoms with Crippen molar-refractivity contribution >= 4 is 17.1 Å². The van der Waals surface area contributed by atoms with Gasteiger partial charge in [0, 0.05) is 17.1 Å². The van der Waals surface area contributed by atoms with Crippen molar-refractivity contribution in [3.8, 4) is 0 Å². The van der Waals surface area contributed by atoms with Crippen LogP contribution in [0.15, 0.2) is 36.4 Å². The molecule has 17 heavy (non-hydrogen) atoms. The Kier molecular flexibility index (Phi) is 3.05. The summed E-state index contributed by atoms with van der Waals surface area (Å²) in [6.45, 7) is 6.28. The summed E-state index contributed by atoms with van der Waals surface area (Å²) in [5.74, 6) is 0. The summed E-state index contributed by atoms with van der Waals surface area (Å²) in [7, 11) is 0. The van der Waals surface area contributed by atoms with E-state index in [2.05, 4.69) is 44.3 Å². The summed E-state index contributed by atoms with van der Waals surface area (Å²) in [4.78, 5) is 0. The molecule has 2 rings (SSSR count). The van der Waals surface area contributed by atoms with Crippen molar-refractivity contribution in [3.63, 3.8) is 0 Å². The minimum atomic E-state index is 0.780. The highest BCUT2D eigenvalue weighted by molar-refractivity contribution is 5.67. The van der Waals surface area contributed by atoms with Crippen LogP contribution in [0, 0.1) is 20.8 Å². The number of nitrogen functional groups attached to an aromatic ring is 1. The highest BCUT2D eigenvalue weighted by atomic mass is 14.9. The third-order valence-corrected chi connectivity index (χ3v) is 2.76. The topological polar surface area (TPSA) is 38.0 Å². The number of hydrogen-bond donors (Lipinski definition) is 2. The van der Waals surface area contributed by atoms with Gasteiger partial charge in [-0.3, -0.25) is 0 Å². The normalized spacial score (nSPS) is 10.3. The molecule has 0 fully saturated rings. The van der Waals surface area contributed by atoms with Gasteiger partial charge in [-0.15, -0.1) is 0 Å². The Morgan fingerprint density at radius 1 is 0.882 bits per heavy atom. The Morgan fingerprint density at radius 2 is 1.53 bits per heavy atom. The summed E-state index contributed by atoms with van der Waals surface area (Å²) >= 11 is 0. The van der Waals surface area contributed by atoms with Gasteiger partial charge in [-0.1, -0.05) is 12.1 Å².